The number of carbonyl (C=O) groups excluding carboxylic acids is 3. The van der Waals surface area contributed by atoms with Crippen LogP contribution in [0.4, 0.5) is 9.59 Å². The maximum atomic E-state index is 12.6. The van der Waals surface area contributed by atoms with Crippen LogP contribution in [0.3, 0.4) is 0 Å². The number of carbonyl (C=O) groups is 3. The summed E-state index contributed by atoms with van der Waals surface area (Å²) in [6, 6.07) is 0.346. The maximum absolute atomic E-state index is 12.6. The van der Waals surface area contributed by atoms with Crippen molar-refractivity contribution in [2.45, 2.75) is 128 Å². The molecule has 3 N–H and O–H groups in total. The van der Waals surface area contributed by atoms with Crippen LogP contribution in [0.5, 0.6) is 0 Å². The molecule has 2 aliphatic carbocycles. The standard InChI is InChI=1S/C23H41N4O5.3CH3.Sn/c1-4-21(28)26-27(15-17(2)31-22(29)24-19-11-7-5-8-12-19)16-18(3)32-23(30)25-20-13-9-6-10-14-20;;;;/h7,17-20H,4-6,8-16H2,1-3H3,(H,24,29)(H,25,30)(H,26,28);3*1H3;. The van der Waals surface area contributed by atoms with Crippen LogP contribution >= 0.6 is 0 Å². The topological polar surface area (TPSA) is 109 Å². The van der Waals surface area contributed by atoms with Gasteiger partial charge in [-0.15, -0.1) is 0 Å². The molecule has 2 rings (SSSR count). The Bertz CT molecular complexity index is 711. The van der Waals surface area contributed by atoms with Crippen molar-refractivity contribution in [3.63, 3.8) is 0 Å². The summed E-state index contributed by atoms with van der Waals surface area (Å²) in [6.07, 6.45) is 8.53. The third-order valence-corrected chi connectivity index (χ3v) is 15.8. The molecular weight excluding hydrogens is 567 g/mol. The van der Waals surface area contributed by atoms with E-state index in [0.29, 0.717) is 19.5 Å². The fourth-order valence-electron chi connectivity index (χ4n) is 5.24. The van der Waals surface area contributed by atoms with Crippen molar-refractivity contribution in [3.05, 3.63) is 0 Å². The van der Waals surface area contributed by atoms with Gasteiger partial charge in [-0.2, -0.15) is 0 Å². The van der Waals surface area contributed by atoms with E-state index in [1.165, 1.54) is 12.8 Å². The van der Waals surface area contributed by atoms with Crippen molar-refractivity contribution in [1.82, 2.24) is 21.1 Å². The second kappa shape index (κ2) is 15.2. The van der Waals surface area contributed by atoms with Crippen molar-refractivity contribution in [3.8, 4) is 0 Å². The molecule has 0 aromatic carbocycles. The third kappa shape index (κ3) is 11.9. The van der Waals surface area contributed by atoms with Gasteiger partial charge in [0.15, 0.2) is 0 Å². The number of amides is 3. The van der Waals surface area contributed by atoms with Gasteiger partial charge < -0.3 is 5.32 Å². The van der Waals surface area contributed by atoms with Crippen molar-refractivity contribution in [1.29, 1.82) is 0 Å². The Morgan fingerprint density at radius 1 is 0.833 bits per heavy atom. The average Bonchev–Trinajstić information content (AvgIpc) is 2.78. The Morgan fingerprint density at radius 3 is 1.89 bits per heavy atom. The van der Waals surface area contributed by atoms with Gasteiger partial charge in [-0.1, -0.05) is 26.2 Å². The normalized spacial score (nSPS) is 22.9. The van der Waals surface area contributed by atoms with E-state index < -0.39 is 42.8 Å². The molecule has 2 fully saturated rings. The van der Waals surface area contributed by atoms with Crippen molar-refractivity contribution in [2.75, 3.05) is 13.1 Å². The van der Waals surface area contributed by atoms with Gasteiger partial charge in [0.2, 0.25) is 0 Å². The van der Waals surface area contributed by atoms with Crippen LogP contribution in [0, 0.1) is 0 Å². The molecule has 3 amide bonds. The number of hydrogen-bond donors (Lipinski definition) is 3. The van der Waals surface area contributed by atoms with E-state index in [4.69, 9.17) is 9.47 Å². The predicted octanol–water partition coefficient (Wildman–Crippen LogP) is 4.94. The van der Waals surface area contributed by atoms with Crippen LogP contribution in [0.2, 0.25) is 18.8 Å². The predicted molar refractivity (Wildman–Crippen MR) is 144 cm³/mol. The summed E-state index contributed by atoms with van der Waals surface area (Å²) in [5, 5.41) is 7.70. The first-order valence-electron chi connectivity index (χ1n) is 13.9. The number of hydrogen-bond acceptors (Lipinski definition) is 6. The number of alkyl carbamates (subject to hydrolysis) is 2. The van der Waals surface area contributed by atoms with Crippen molar-refractivity contribution in [2.24, 2.45) is 0 Å². The molecule has 2 saturated carbocycles. The van der Waals surface area contributed by atoms with E-state index in [1.54, 1.807) is 25.8 Å². The Kier molecular flexibility index (Phi) is 13.1. The van der Waals surface area contributed by atoms with Gasteiger partial charge in [0, 0.05) is 6.04 Å². The van der Waals surface area contributed by atoms with Crippen LogP contribution in [0.15, 0.2) is 0 Å². The van der Waals surface area contributed by atoms with Crippen LogP contribution in [0.1, 0.15) is 85.0 Å². The molecular formula is C26H50N4O5Sn. The summed E-state index contributed by atoms with van der Waals surface area (Å²) >= 11 is -1.99. The first-order chi connectivity index (χ1) is 17.0. The Hall–Kier alpha value is -1.23. The van der Waals surface area contributed by atoms with E-state index in [0.717, 1.165) is 48.9 Å². The SMILES string of the molecule is CCC(=O)NN(CC(C)OC(=O)NC1CCCCC1)CC(C)OC(=O)NC1CCC[CH]([Sn]([CH3])([CH3])[CH3])C1. The Morgan fingerprint density at radius 2 is 1.36 bits per heavy atom. The van der Waals surface area contributed by atoms with Gasteiger partial charge >= 0.3 is 167 Å². The van der Waals surface area contributed by atoms with Crippen molar-refractivity contribution >= 4 is 36.5 Å². The van der Waals surface area contributed by atoms with E-state index in [1.807, 2.05) is 0 Å². The average molecular weight is 617 g/mol. The molecule has 0 aliphatic heterocycles. The van der Waals surface area contributed by atoms with Gasteiger partial charge in [0.1, 0.15) is 0 Å². The Balaban J connectivity index is 1.81. The Labute approximate surface area is 222 Å². The number of nitrogens with zero attached hydrogens (tertiary/aromatic N) is 1. The molecule has 4 unspecified atom stereocenters. The van der Waals surface area contributed by atoms with E-state index in [9.17, 15) is 14.4 Å². The number of nitrogens with one attached hydrogen (secondary N) is 3. The monoisotopic (exact) mass is 618 g/mol. The molecule has 0 radical (unpaired) electrons. The molecule has 0 bridgehead atoms. The quantitative estimate of drug-likeness (QED) is 0.224. The molecule has 0 spiro atoms. The first-order valence-corrected chi connectivity index (χ1v) is 24.2. The van der Waals surface area contributed by atoms with Gasteiger partial charge in [-0.05, 0) is 12.8 Å². The molecule has 0 aromatic heterocycles. The molecule has 0 saturated heterocycles. The van der Waals surface area contributed by atoms with Crippen LogP contribution in [-0.2, 0) is 14.3 Å². The summed E-state index contributed by atoms with van der Waals surface area (Å²) in [6.45, 7) is 5.97. The fourth-order valence-corrected chi connectivity index (χ4v) is 11.1. The van der Waals surface area contributed by atoms with E-state index in [-0.39, 0.29) is 18.0 Å². The summed E-state index contributed by atoms with van der Waals surface area (Å²) in [5.74, 6) is -0.146. The van der Waals surface area contributed by atoms with Gasteiger partial charge in [-0.3, -0.25) is 0 Å². The van der Waals surface area contributed by atoms with Crippen LogP contribution in [-0.4, -0.2) is 78.9 Å². The zero-order valence-electron chi connectivity index (χ0n) is 23.4. The minimum atomic E-state index is -1.99. The molecule has 208 valence electrons. The summed E-state index contributed by atoms with van der Waals surface area (Å²) in [4.78, 5) is 44.4. The molecule has 9 nitrogen and oxygen atoms in total. The summed E-state index contributed by atoms with van der Waals surface area (Å²) in [7, 11) is 0. The molecule has 10 heteroatoms. The van der Waals surface area contributed by atoms with Crippen molar-refractivity contribution < 1.29 is 23.9 Å². The molecule has 4 atom stereocenters. The second-order valence-electron chi connectivity index (χ2n) is 11.8. The summed E-state index contributed by atoms with van der Waals surface area (Å²) < 4.78 is 12.0. The van der Waals surface area contributed by atoms with Crippen LogP contribution in [0.25, 0.3) is 0 Å². The third-order valence-electron chi connectivity index (χ3n) is 7.32. The van der Waals surface area contributed by atoms with Gasteiger partial charge in [-0.25, -0.2) is 4.79 Å². The number of rotatable bonds is 11. The molecule has 0 heterocycles. The van der Waals surface area contributed by atoms with E-state index in [2.05, 4.69) is 30.9 Å². The number of ether oxygens (including phenoxy) is 2. The van der Waals surface area contributed by atoms with Crippen LogP contribution < -0.4 is 16.1 Å². The van der Waals surface area contributed by atoms with Gasteiger partial charge in [0.05, 0.1) is 0 Å². The minimum absolute atomic E-state index is 0.146. The fraction of sp³-hybridized carbons (Fsp3) is 0.885. The zero-order valence-corrected chi connectivity index (χ0v) is 26.2. The zero-order chi connectivity index (χ0) is 26.7. The molecule has 2 aliphatic rings. The number of hydrazine groups is 1. The summed E-state index contributed by atoms with van der Waals surface area (Å²) in [5.41, 5.74) is 2.84. The van der Waals surface area contributed by atoms with Gasteiger partial charge in [0.25, 0.3) is 0 Å². The first kappa shape index (κ1) is 31.0. The molecule has 36 heavy (non-hydrogen) atoms. The second-order valence-corrected chi connectivity index (χ2v) is 27.6. The van der Waals surface area contributed by atoms with E-state index >= 15 is 0 Å². The molecule has 0 aromatic rings.